The number of primary amides is 2. The Morgan fingerprint density at radius 1 is 0.871 bits per heavy atom. The first kappa shape index (κ1) is 28.1. The van der Waals surface area contributed by atoms with Crippen molar-refractivity contribution in [1.29, 1.82) is 0 Å². The lowest BCUT2D eigenvalue weighted by molar-refractivity contribution is -0.142. The van der Waals surface area contributed by atoms with E-state index in [0.29, 0.717) is 5.75 Å². The standard InChI is InChI=1S/C17H30N6O7S/c1-8(17(29)30)21-15(27)10(5-6-31-2)22-16(28)11(7-13(20)25)23-14(26)9(18)3-4-12(19)24/h8-11H,3-7,18H2,1-2H3,(H2,19,24)(H2,20,25)(H,21,27)(H,22,28)(H,23,26)(H,29,30). The zero-order valence-electron chi connectivity index (χ0n) is 17.4. The normalized spacial score (nSPS) is 14.4. The number of carbonyl (C=O) groups is 6. The van der Waals surface area contributed by atoms with E-state index in [0.717, 1.165) is 0 Å². The molecule has 4 unspecified atom stereocenters. The fourth-order valence-electron chi connectivity index (χ4n) is 2.27. The SMILES string of the molecule is CSCCC(NC(=O)C(CC(N)=O)NC(=O)C(N)CCC(N)=O)C(=O)NC(C)C(=O)O. The molecule has 176 valence electrons. The molecule has 0 heterocycles. The predicted molar refractivity (Wildman–Crippen MR) is 112 cm³/mol. The van der Waals surface area contributed by atoms with E-state index in [1.165, 1.54) is 18.7 Å². The molecule has 14 heteroatoms. The molecule has 0 aromatic carbocycles. The number of thioether (sulfide) groups is 1. The second-order valence-corrected chi connectivity index (χ2v) is 7.74. The lowest BCUT2D eigenvalue weighted by atomic mass is 10.1. The smallest absolute Gasteiger partial charge is 0.325 e. The molecule has 0 fully saturated rings. The summed E-state index contributed by atoms with van der Waals surface area (Å²) in [4.78, 5) is 70.4. The van der Waals surface area contributed by atoms with E-state index >= 15 is 0 Å². The van der Waals surface area contributed by atoms with E-state index in [2.05, 4.69) is 16.0 Å². The van der Waals surface area contributed by atoms with Gasteiger partial charge in [-0.05, 0) is 31.8 Å². The van der Waals surface area contributed by atoms with Gasteiger partial charge in [-0.25, -0.2) is 0 Å². The van der Waals surface area contributed by atoms with Crippen molar-refractivity contribution in [2.45, 2.75) is 56.8 Å². The molecular weight excluding hydrogens is 432 g/mol. The summed E-state index contributed by atoms with van der Waals surface area (Å²) in [5, 5.41) is 15.9. The van der Waals surface area contributed by atoms with Crippen LogP contribution < -0.4 is 33.2 Å². The van der Waals surface area contributed by atoms with E-state index < -0.39 is 66.1 Å². The van der Waals surface area contributed by atoms with Crippen molar-refractivity contribution in [3.63, 3.8) is 0 Å². The molecule has 0 aromatic heterocycles. The molecule has 0 radical (unpaired) electrons. The summed E-state index contributed by atoms with van der Waals surface area (Å²) >= 11 is 1.40. The number of carboxylic acids is 1. The van der Waals surface area contributed by atoms with Gasteiger partial charge in [-0.1, -0.05) is 0 Å². The Labute approximate surface area is 183 Å². The van der Waals surface area contributed by atoms with E-state index in [1.807, 2.05) is 0 Å². The fourth-order valence-corrected chi connectivity index (χ4v) is 2.74. The van der Waals surface area contributed by atoms with Crippen LogP contribution in [0.25, 0.3) is 0 Å². The Morgan fingerprint density at radius 2 is 1.42 bits per heavy atom. The Morgan fingerprint density at radius 3 is 1.90 bits per heavy atom. The van der Waals surface area contributed by atoms with Gasteiger partial charge in [0.2, 0.25) is 29.5 Å². The number of aliphatic carboxylic acids is 1. The number of nitrogens with one attached hydrogen (secondary N) is 3. The van der Waals surface area contributed by atoms with Gasteiger partial charge in [0.25, 0.3) is 0 Å². The first-order valence-corrected chi connectivity index (χ1v) is 10.7. The van der Waals surface area contributed by atoms with E-state index in [-0.39, 0.29) is 19.3 Å². The Hall–Kier alpha value is -2.87. The Balaban J connectivity index is 5.29. The summed E-state index contributed by atoms with van der Waals surface area (Å²) in [6, 6.07) is -4.89. The minimum Gasteiger partial charge on any atom is -0.480 e. The zero-order valence-corrected chi connectivity index (χ0v) is 18.2. The summed E-state index contributed by atoms with van der Waals surface area (Å²) in [5.74, 6) is -4.77. The van der Waals surface area contributed by atoms with Gasteiger partial charge in [0.15, 0.2) is 0 Å². The van der Waals surface area contributed by atoms with Crippen molar-refractivity contribution in [2.75, 3.05) is 12.0 Å². The molecule has 0 spiro atoms. The highest BCUT2D eigenvalue weighted by Gasteiger charge is 2.30. The van der Waals surface area contributed by atoms with Gasteiger partial charge in [-0.15, -0.1) is 0 Å². The quantitative estimate of drug-likeness (QED) is 0.129. The molecule has 0 aliphatic carbocycles. The van der Waals surface area contributed by atoms with Crippen LogP contribution in [0.1, 0.15) is 32.6 Å². The first-order valence-electron chi connectivity index (χ1n) is 9.34. The summed E-state index contributed by atoms with van der Waals surface area (Å²) in [5.41, 5.74) is 15.8. The highest BCUT2D eigenvalue weighted by molar-refractivity contribution is 7.98. The van der Waals surface area contributed by atoms with E-state index in [1.54, 1.807) is 6.26 Å². The van der Waals surface area contributed by atoms with Crippen LogP contribution in [0.3, 0.4) is 0 Å². The molecule has 0 aliphatic rings. The highest BCUT2D eigenvalue weighted by Crippen LogP contribution is 2.04. The van der Waals surface area contributed by atoms with Gasteiger partial charge in [-0.3, -0.25) is 28.8 Å². The topological polar surface area (TPSA) is 237 Å². The molecule has 0 aromatic rings. The van der Waals surface area contributed by atoms with Gasteiger partial charge >= 0.3 is 5.97 Å². The third-order valence-electron chi connectivity index (χ3n) is 4.05. The molecule has 0 rings (SSSR count). The average molecular weight is 463 g/mol. The largest absolute Gasteiger partial charge is 0.480 e. The number of carboxylic acid groups (broad SMARTS) is 1. The minimum absolute atomic E-state index is 0.0715. The number of rotatable bonds is 15. The molecule has 0 aliphatic heterocycles. The number of carbonyl (C=O) groups excluding carboxylic acids is 5. The van der Waals surface area contributed by atoms with Crippen molar-refractivity contribution in [2.24, 2.45) is 17.2 Å². The third kappa shape index (κ3) is 11.8. The zero-order chi connectivity index (χ0) is 24.1. The van der Waals surface area contributed by atoms with Crippen LogP contribution in [0.5, 0.6) is 0 Å². The highest BCUT2D eigenvalue weighted by atomic mass is 32.2. The molecule has 5 amide bonds. The molecule has 0 bridgehead atoms. The number of hydrogen-bond acceptors (Lipinski definition) is 8. The lowest BCUT2D eigenvalue weighted by Crippen LogP contribution is -2.57. The number of hydrogen-bond donors (Lipinski definition) is 7. The van der Waals surface area contributed by atoms with Gasteiger partial charge in [0.1, 0.15) is 18.1 Å². The summed E-state index contributed by atoms with van der Waals surface area (Å²) < 4.78 is 0. The second kappa shape index (κ2) is 14.2. The van der Waals surface area contributed by atoms with Crippen LogP contribution in [0.4, 0.5) is 0 Å². The Kier molecular flexibility index (Phi) is 12.9. The maximum atomic E-state index is 12.6. The fraction of sp³-hybridized carbons (Fsp3) is 0.647. The molecular formula is C17H30N6O7S. The van der Waals surface area contributed by atoms with Crippen molar-refractivity contribution in [1.82, 2.24) is 16.0 Å². The van der Waals surface area contributed by atoms with Gasteiger partial charge < -0.3 is 38.3 Å². The van der Waals surface area contributed by atoms with Gasteiger partial charge in [0, 0.05) is 6.42 Å². The van der Waals surface area contributed by atoms with Crippen molar-refractivity contribution < 1.29 is 33.9 Å². The van der Waals surface area contributed by atoms with Crippen LogP contribution in [-0.4, -0.2) is 76.8 Å². The second-order valence-electron chi connectivity index (χ2n) is 6.75. The number of amides is 5. The van der Waals surface area contributed by atoms with Crippen LogP contribution >= 0.6 is 11.8 Å². The average Bonchev–Trinajstić information content (AvgIpc) is 2.67. The van der Waals surface area contributed by atoms with E-state index in [4.69, 9.17) is 22.3 Å². The van der Waals surface area contributed by atoms with Crippen LogP contribution in [0.15, 0.2) is 0 Å². The molecule has 10 N–H and O–H groups in total. The first-order chi connectivity index (χ1) is 14.4. The van der Waals surface area contributed by atoms with Crippen molar-refractivity contribution >= 4 is 47.3 Å². The molecule has 31 heavy (non-hydrogen) atoms. The van der Waals surface area contributed by atoms with Crippen molar-refractivity contribution in [3.8, 4) is 0 Å². The summed E-state index contributed by atoms with van der Waals surface area (Å²) in [6.07, 6.45) is 1.15. The maximum Gasteiger partial charge on any atom is 0.325 e. The van der Waals surface area contributed by atoms with Gasteiger partial charge in [-0.2, -0.15) is 11.8 Å². The van der Waals surface area contributed by atoms with Gasteiger partial charge in [0.05, 0.1) is 12.5 Å². The van der Waals surface area contributed by atoms with Crippen LogP contribution in [0, 0.1) is 0 Å². The van der Waals surface area contributed by atoms with Crippen LogP contribution in [-0.2, 0) is 28.8 Å². The molecule has 0 saturated carbocycles. The minimum atomic E-state index is -1.42. The molecule has 0 saturated heterocycles. The molecule has 4 atom stereocenters. The summed E-state index contributed by atoms with van der Waals surface area (Å²) in [6.45, 7) is 1.26. The van der Waals surface area contributed by atoms with E-state index in [9.17, 15) is 28.8 Å². The maximum absolute atomic E-state index is 12.6. The lowest BCUT2D eigenvalue weighted by Gasteiger charge is -2.24. The summed E-state index contributed by atoms with van der Waals surface area (Å²) in [7, 11) is 0. The predicted octanol–water partition coefficient (Wildman–Crippen LogP) is -3.23. The number of nitrogens with two attached hydrogens (primary N) is 3. The van der Waals surface area contributed by atoms with Crippen LogP contribution in [0.2, 0.25) is 0 Å². The third-order valence-corrected chi connectivity index (χ3v) is 4.69. The monoisotopic (exact) mass is 462 g/mol. The Bertz CT molecular complexity index is 690. The van der Waals surface area contributed by atoms with Crippen molar-refractivity contribution in [3.05, 3.63) is 0 Å². The molecule has 13 nitrogen and oxygen atoms in total.